The summed E-state index contributed by atoms with van der Waals surface area (Å²) in [5, 5.41) is 3.72. The first-order valence-corrected chi connectivity index (χ1v) is 15.7. The first-order chi connectivity index (χ1) is 22.7. The molecule has 0 aliphatic heterocycles. The van der Waals surface area contributed by atoms with Gasteiger partial charge in [0.25, 0.3) is 0 Å². The van der Waals surface area contributed by atoms with Gasteiger partial charge in [0, 0.05) is 33.2 Å². The zero-order chi connectivity index (χ0) is 31.0. The standard InChI is InChI=1S/C43H33N3/c1-3-4-24-40-31(2)37-21-11-14-25-41(37)45(40)35-28-34(44(32-17-7-5-8-18-32)33-19-9-6-10-20-33)29-36(30-35)46-42-26-15-12-22-38(42)39-23-13-16-27-43(39)46/h3-30H,1H2,2H3/b24-4-. The van der Waals surface area contributed by atoms with Crippen molar-refractivity contribution in [3.8, 4) is 11.4 Å². The number of nitrogens with zero attached hydrogens (tertiary/aromatic N) is 3. The molecule has 0 aliphatic rings. The number of fused-ring (bicyclic) bond motifs is 4. The number of hydrogen-bond acceptors (Lipinski definition) is 1. The summed E-state index contributed by atoms with van der Waals surface area (Å²) in [4.78, 5) is 2.35. The van der Waals surface area contributed by atoms with Crippen molar-refractivity contribution in [3.05, 3.63) is 182 Å². The van der Waals surface area contributed by atoms with Crippen molar-refractivity contribution in [2.75, 3.05) is 4.90 Å². The third-order valence-electron chi connectivity index (χ3n) is 8.84. The van der Waals surface area contributed by atoms with Crippen LogP contribution in [0.4, 0.5) is 17.1 Å². The first kappa shape index (κ1) is 27.5. The van der Waals surface area contributed by atoms with E-state index >= 15 is 0 Å². The van der Waals surface area contributed by atoms with Crippen molar-refractivity contribution in [1.82, 2.24) is 9.13 Å². The van der Waals surface area contributed by atoms with Gasteiger partial charge in [-0.3, -0.25) is 0 Å². The lowest BCUT2D eigenvalue weighted by atomic mass is 10.1. The lowest BCUT2D eigenvalue weighted by Crippen LogP contribution is -2.11. The van der Waals surface area contributed by atoms with E-state index in [2.05, 4.69) is 185 Å². The van der Waals surface area contributed by atoms with Gasteiger partial charge in [-0.2, -0.15) is 0 Å². The van der Waals surface area contributed by atoms with Crippen molar-refractivity contribution >= 4 is 55.8 Å². The summed E-state index contributed by atoms with van der Waals surface area (Å²) in [6, 6.07) is 54.3. The predicted molar refractivity (Wildman–Crippen MR) is 196 cm³/mol. The molecule has 0 saturated carbocycles. The average molecular weight is 592 g/mol. The molecule has 46 heavy (non-hydrogen) atoms. The number of aromatic nitrogens is 2. The number of para-hydroxylation sites is 5. The van der Waals surface area contributed by atoms with Crippen molar-refractivity contribution in [2.45, 2.75) is 6.92 Å². The number of anilines is 3. The fraction of sp³-hybridized carbons (Fsp3) is 0.0233. The van der Waals surface area contributed by atoms with Gasteiger partial charge >= 0.3 is 0 Å². The maximum absolute atomic E-state index is 3.97. The third-order valence-corrected chi connectivity index (χ3v) is 8.84. The maximum atomic E-state index is 3.97. The van der Waals surface area contributed by atoms with Crippen LogP contribution in [0.2, 0.25) is 0 Å². The SMILES string of the molecule is C=C/C=C\c1c(C)c2ccccc2n1-c1cc(N(c2ccccc2)c2ccccc2)cc(-n2c3ccccc3c3ccccc32)c1. The van der Waals surface area contributed by atoms with Gasteiger partial charge in [-0.1, -0.05) is 110 Å². The van der Waals surface area contributed by atoms with Gasteiger partial charge in [0.05, 0.1) is 33.6 Å². The number of rotatable bonds is 7. The Labute approximate surface area is 269 Å². The highest BCUT2D eigenvalue weighted by Crippen LogP contribution is 2.40. The lowest BCUT2D eigenvalue weighted by Gasteiger charge is -2.27. The molecule has 6 aromatic carbocycles. The van der Waals surface area contributed by atoms with Crippen LogP contribution in [-0.4, -0.2) is 9.13 Å². The Bertz CT molecular complexity index is 2300. The molecule has 0 atom stereocenters. The second-order valence-electron chi connectivity index (χ2n) is 11.5. The van der Waals surface area contributed by atoms with Crippen molar-refractivity contribution in [3.63, 3.8) is 0 Å². The Morgan fingerprint density at radius 3 is 1.50 bits per heavy atom. The summed E-state index contributed by atoms with van der Waals surface area (Å²) in [7, 11) is 0. The maximum Gasteiger partial charge on any atom is 0.0541 e. The molecule has 8 aromatic rings. The Morgan fingerprint density at radius 2 is 0.957 bits per heavy atom. The van der Waals surface area contributed by atoms with Crippen LogP contribution in [0.5, 0.6) is 0 Å². The molecule has 220 valence electrons. The van der Waals surface area contributed by atoms with E-state index in [0.29, 0.717) is 0 Å². The first-order valence-electron chi connectivity index (χ1n) is 15.7. The summed E-state index contributed by atoms with van der Waals surface area (Å²) < 4.78 is 4.79. The molecule has 0 aliphatic carbocycles. The van der Waals surface area contributed by atoms with Gasteiger partial charge in [-0.15, -0.1) is 0 Å². The minimum absolute atomic E-state index is 1.07. The normalized spacial score (nSPS) is 11.6. The lowest BCUT2D eigenvalue weighted by molar-refractivity contribution is 1.08. The van der Waals surface area contributed by atoms with Gasteiger partial charge in [-0.05, 0) is 79.2 Å². The second kappa shape index (κ2) is 11.5. The molecule has 8 rings (SSSR count). The quantitative estimate of drug-likeness (QED) is 0.168. The zero-order valence-electron chi connectivity index (χ0n) is 25.7. The van der Waals surface area contributed by atoms with Crippen LogP contribution in [0, 0.1) is 6.92 Å². The minimum atomic E-state index is 1.07. The Balaban J connectivity index is 1.50. The zero-order valence-corrected chi connectivity index (χ0v) is 25.7. The second-order valence-corrected chi connectivity index (χ2v) is 11.5. The summed E-state index contributed by atoms with van der Waals surface area (Å²) in [6.45, 7) is 6.17. The summed E-state index contributed by atoms with van der Waals surface area (Å²) in [6.07, 6.45) is 6.03. The van der Waals surface area contributed by atoms with E-state index in [1.54, 1.807) is 0 Å². The number of aryl methyl sites for hydroxylation is 1. The summed E-state index contributed by atoms with van der Waals surface area (Å²) >= 11 is 0. The van der Waals surface area contributed by atoms with Gasteiger partial charge < -0.3 is 14.0 Å². The smallest absolute Gasteiger partial charge is 0.0541 e. The van der Waals surface area contributed by atoms with E-state index < -0.39 is 0 Å². The Morgan fingerprint density at radius 1 is 0.500 bits per heavy atom. The van der Waals surface area contributed by atoms with Gasteiger partial charge in [0.15, 0.2) is 0 Å². The van der Waals surface area contributed by atoms with E-state index in [1.165, 1.54) is 38.3 Å². The van der Waals surface area contributed by atoms with Gasteiger partial charge in [-0.25, -0.2) is 0 Å². The van der Waals surface area contributed by atoms with Crippen LogP contribution >= 0.6 is 0 Å². The molecule has 0 spiro atoms. The highest BCUT2D eigenvalue weighted by Gasteiger charge is 2.20. The van der Waals surface area contributed by atoms with Crippen molar-refractivity contribution < 1.29 is 0 Å². The molecule has 3 nitrogen and oxygen atoms in total. The van der Waals surface area contributed by atoms with Crippen LogP contribution in [0.25, 0.3) is 50.2 Å². The van der Waals surface area contributed by atoms with Crippen LogP contribution in [-0.2, 0) is 0 Å². The topological polar surface area (TPSA) is 13.1 Å². The molecule has 0 amide bonds. The predicted octanol–water partition coefficient (Wildman–Crippen LogP) is 11.7. The number of benzene rings is 6. The fourth-order valence-corrected chi connectivity index (χ4v) is 6.83. The minimum Gasteiger partial charge on any atom is -0.310 e. The van der Waals surface area contributed by atoms with E-state index in [4.69, 9.17) is 0 Å². The monoisotopic (exact) mass is 591 g/mol. The van der Waals surface area contributed by atoms with Gasteiger partial charge in [0.2, 0.25) is 0 Å². The van der Waals surface area contributed by atoms with Crippen molar-refractivity contribution in [1.29, 1.82) is 0 Å². The van der Waals surface area contributed by atoms with E-state index in [0.717, 1.165) is 34.1 Å². The summed E-state index contributed by atoms with van der Waals surface area (Å²) in [5.41, 5.74) is 11.3. The molecule has 2 aromatic heterocycles. The molecular formula is C43H33N3. The van der Waals surface area contributed by atoms with Crippen LogP contribution < -0.4 is 4.90 Å². The van der Waals surface area contributed by atoms with E-state index in [1.807, 2.05) is 12.2 Å². The third kappa shape index (κ3) is 4.53. The van der Waals surface area contributed by atoms with Crippen LogP contribution in [0.3, 0.4) is 0 Å². The van der Waals surface area contributed by atoms with E-state index in [9.17, 15) is 0 Å². The number of hydrogen-bond donors (Lipinski definition) is 0. The fourth-order valence-electron chi connectivity index (χ4n) is 6.83. The molecule has 0 radical (unpaired) electrons. The largest absolute Gasteiger partial charge is 0.310 e. The molecule has 0 saturated heterocycles. The molecule has 0 unspecified atom stereocenters. The highest BCUT2D eigenvalue weighted by molar-refractivity contribution is 6.09. The molecule has 0 bridgehead atoms. The molecule has 3 heteroatoms. The molecule has 0 fully saturated rings. The summed E-state index contributed by atoms with van der Waals surface area (Å²) in [5.74, 6) is 0. The average Bonchev–Trinajstić information content (AvgIpc) is 3.60. The highest BCUT2D eigenvalue weighted by atomic mass is 15.1. The Kier molecular flexibility index (Phi) is 6.85. The van der Waals surface area contributed by atoms with Crippen molar-refractivity contribution in [2.24, 2.45) is 0 Å². The van der Waals surface area contributed by atoms with Crippen LogP contribution in [0.1, 0.15) is 11.3 Å². The molecular weight excluding hydrogens is 558 g/mol. The number of allylic oxidation sites excluding steroid dienone is 2. The molecule has 0 N–H and O–H groups in total. The Hall–Kier alpha value is -6.06. The van der Waals surface area contributed by atoms with E-state index in [-0.39, 0.29) is 0 Å². The van der Waals surface area contributed by atoms with Crippen LogP contribution in [0.15, 0.2) is 170 Å². The van der Waals surface area contributed by atoms with Gasteiger partial charge in [0.1, 0.15) is 0 Å². The molecule has 2 heterocycles.